The normalized spacial score (nSPS) is 10.5. The number of hydrogen-bond acceptors (Lipinski definition) is 4. The van der Waals surface area contributed by atoms with Crippen LogP contribution in [0.15, 0.2) is 85.1 Å². The Kier molecular flexibility index (Phi) is 6.24. The number of nitriles is 1. The van der Waals surface area contributed by atoms with Crippen molar-refractivity contribution < 1.29 is 9.63 Å². The third-order valence-corrected chi connectivity index (χ3v) is 5.03. The second-order valence-electron chi connectivity index (χ2n) is 7.14. The topological polar surface area (TPSA) is 71.2 Å². The van der Waals surface area contributed by atoms with Gasteiger partial charge in [0.1, 0.15) is 18.7 Å². The van der Waals surface area contributed by atoms with Crippen molar-refractivity contribution in [3.8, 4) is 6.07 Å². The molecule has 0 atom stereocenters. The van der Waals surface area contributed by atoms with Gasteiger partial charge in [-0.3, -0.25) is 9.69 Å². The highest BCUT2D eigenvalue weighted by atomic mass is 16.7. The molecule has 0 unspecified atom stereocenters. The zero-order valence-corrected chi connectivity index (χ0v) is 17.0. The Morgan fingerprint density at radius 1 is 1.00 bits per heavy atom. The summed E-state index contributed by atoms with van der Waals surface area (Å²) in [7, 11) is 0. The summed E-state index contributed by atoms with van der Waals surface area (Å²) in [5, 5.41) is 14.4. The molecule has 0 saturated heterocycles. The number of fused-ring (bicyclic) bond motifs is 1. The molecule has 0 radical (unpaired) electrons. The SMILES string of the molecule is N#CCN(C(=O)CCc1ccccc1)c1ccc2c(cnn2OCc2ccccc2)c1. The molecule has 4 rings (SSSR count). The van der Waals surface area contributed by atoms with E-state index in [9.17, 15) is 10.1 Å². The fourth-order valence-corrected chi connectivity index (χ4v) is 3.40. The van der Waals surface area contributed by atoms with Gasteiger partial charge in [0.25, 0.3) is 0 Å². The lowest BCUT2D eigenvalue weighted by Crippen LogP contribution is -2.31. The largest absolute Gasteiger partial charge is 0.391 e. The van der Waals surface area contributed by atoms with E-state index in [-0.39, 0.29) is 12.5 Å². The molecule has 154 valence electrons. The van der Waals surface area contributed by atoms with Gasteiger partial charge in [0.05, 0.1) is 12.3 Å². The number of rotatable bonds is 8. The van der Waals surface area contributed by atoms with Gasteiger partial charge in [0, 0.05) is 17.5 Å². The number of amides is 1. The smallest absolute Gasteiger partial charge is 0.228 e. The number of carbonyl (C=O) groups excluding carboxylic acids is 1. The Bertz CT molecular complexity index is 1200. The van der Waals surface area contributed by atoms with Crippen LogP contribution in [0.4, 0.5) is 5.69 Å². The summed E-state index contributed by atoms with van der Waals surface area (Å²) < 4.78 is 0. The Morgan fingerprint density at radius 2 is 1.71 bits per heavy atom. The van der Waals surface area contributed by atoms with E-state index < -0.39 is 0 Å². The number of aromatic nitrogens is 2. The van der Waals surface area contributed by atoms with Crippen molar-refractivity contribution in [2.75, 3.05) is 11.4 Å². The van der Waals surface area contributed by atoms with Gasteiger partial charge in [-0.15, -0.1) is 5.10 Å². The minimum absolute atomic E-state index is 0.00221. The summed E-state index contributed by atoms with van der Waals surface area (Å²) >= 11 is 0. The number of nitrogens with zero attached hydrogens (tertiary/aromatic N) is 4. The third kappa shape index (κ3) is 4.90. The van der Waals surface area contributed by atoms with Gasteiger partial charge in [-0.25, -0.2) is 0 Å². The molecule has 6 heteroatoms. The van der Waals surface area contributed by atoms with Gasteiger partial charge < -0.3 is 4.84 Å². The molecule has 6 nitrogen and oxygen atoms in total. The highest BCUT2D eigenvalue weighted by Gasteiger charge is 2.17. The summed E-state index contributed by atoms with van der Waals surface area (Å²) in [6, 6.07) is 27.4. The van der Waals surface area contributed by atoms with Gasteiger partial charge in [-0.2, -0.15) is 5.26 Å². The molecule has 31 heavy (non-hydrogen) atoms. The first-order chi connectivity index (χ1) is 15.2. The predicted octanol–water partition coefficient (Wildman–Crippen LogP) is 4.15. The molecule has 0 N–H and O–H groups in total. The molecule has 0 aliphatic carbocycles. The van der Waals surface area contributed by atoms with Crippen molar-refractivity contribution >= 4 is 22.5 Å². The fourth-order valence-electron chi connectivity index (χ4n) is 3.40. The van der Waals surface area contributed by atoms with Gasteiger partial charge in [-0.1, -0.05) is 65.5 Å². The summed E-state index contributed by atoms with van der Waals surface area (Å²) in [5.41, 5.74) is 3.62. The molecule has 1 amide bonds. The van der Waals surface area contributed by atoms with Crippen molar-refractivity contribution in [3.05, 3.63) is 96.2 Å². The second kappa shape index (κ2) is 9.59. The predicted molar refractivity (Wildman–Crippen MR) is 119 cm³/mol. The van der Waals surface area contributed by atoms with Gasteiger partial charge in [0.2, 0.25) is 5.91 Å². The lowest BCUT2D eigenvalue weighted by molar-refractivity contribution is -0.118. The van der Waals surface area contributed by atoms with E-state index in [0.29, 0.717) is 25.1 Å². The average Bonchev–Trinajstić information content (AvgIpc) is 3.23. The zero-order chi connectivity index (χ0) is 21.5. The average molecular weight is 410 g/mol. The van der Waals surface area contributed by atoms with Crippen LogP contribution in [0.1, 0.15) is 17.5 Å². The summed E-state index contributed by atoms with van der Waals surface area (Å²) in [4.78, 5) is 21.6. The highest BCUT2D eigenvalue weighted by Crippen LogP contribution is 2.23. The van der Waals surface area contributed by atoms with Gasteiger partial charge in [0.15, 0.2) is 0 Å². The van der Waals surface area contributed by atoms with Crippen LogP contribution in [0.2, 0.25) is 0 Å². The van der Waals surface area contributed by atoms with E-state index in [2.05, 4.69) is 11.2 Å². The Morgan fingerprint density at radius 3 is 2.42 bits per heavy atom. The Hall–Kier alpha value is -4.11. The molecule has 0 fully saturated rings. The van der Waals surface area contributed by atoms with E-state index in [1.807, 2.05) is 78.9 Å². The van der Waals surface area contributed by atoms with Crippen LogP contribution >= 0.6 is 0 Å². The first-order valence-corrected chi connectivity index (χ1v) is 10.1. The van der Waals surface area contributed by atoms with Crippen LogP contribution in [0, 0.1) is 11.3 Å². The molecule has 3 aromatic carbocycles. The Balaban J connectivity index is 1.48. The second-order valence-corrected chi connectivity index (χ2v) is 7.14. The number of benzene rings is 3. The van der Waals surface area contributed by atoms with Crippen molar-refractivity contribution in [3.63, 3.8) is 0 Å². The van der Waals surface area contributed by atoms with Crippen molar-refractivity contribution in [2.45, 2.75) is 19.4 Å². The maximum absolute atomic E-state index is 12.8. The summed E-state index contributed by atoms with van der Waals surface area (Å²) in [6.07, 6.45) is 2.67. The van der Waals surface area contributed by atoms with Crippen molar-refractivity contribution in [1.29, 1.82) is 5.26 Å². The van der Waals surface area contributed by atoms with Crippen LogP contribution in [0.25, 0.3) is 10.9 Å². The molecule has 0 aliphatic heterocycles. The number of aryl methyl sites for hydroxylation is 1. The maximum atomic E-state index is 12.8. The molecule has 0 bridgehead atoms. The lowest BCUT2D eigenvalue weighted by atomic mass is 10.1. The van der Waals surface area contributed by atoms with Crippen LogP contribution in [-0.4, -0.2) is 22.4 Å². The van der Waals surface area contributed by atoms with E-state index in [1.54, 1.807) is 6.20 Å². The van der Waals surface area contributed by atoms with E-state index in [1.165, 1.54) is 9.75 Å². The summed E-state index contributed by atoms with van der Waals surface area (Å²) in [5.74, 6) is -0.0857. The maximum Gasteiger partial charge on any atom is 0.228 e. The summed E-state index contributed by atoms with van der Waals surface area (Å²) in [6.45, 7) is 0.398. The number of carbonyl (C=O) groups is 1. The van der Waals surface area contributed by atoms with Crippen LogP contribution in [0.5, 0.6) is 0 Å². The molecule has 0 saturated carbocycles. The fraction of sp³-hybridized carbons (Fsp3) is 0.160. The standard InChI is InChI=1S/C25H22N4O2/c26-15-16-28(25(30)14-11-20-7-3-1-4-8-20)23-12-13-24-22(17-23)18-27-29(24)31-19-21-9-5-2-6-10-21/h1-10,12-13,17-18H,11,14,16,19H2. The minimum Gasteiger partial charge on any atom is -0.391 e. The molecule has 0 spiro atoms. The van der Waals surface area contributed by atoms with E-state index in [4.69, 9.17) is 4.84 Å². The molecular formula is C25H22N4O2. The van der Waals surface area contributed by atoms with E-state index in [0.717, 1.165) is 22.0 Å². The van der Waals surface area contributed by atoms with Crippen LogP contribution in [-0.2, 0) is 17.8 Å². The first kappa shape index (κ1) is 20.2. The number of anilines is 1. The van der Waals surface area contributed by atoms with Crippen LogP contribution < -0.4 is 9.74 Å². The minimum atomic E-state index is -0.0857. The highest BCUT2D eigenvalue weighted by molar-refractivity contribution is 5.96. The number of hydrogen-bond donors (Lipinski definition) is 0. The van der Waals surface area contributed by atoms with Gasteiger partial charge >= 0.3 is 0 Å². The monoisotopic (exact) mass is 410 g/mol. The molecule has 4 aromatic rings. The molecular weight excluding hydrogens is 388 g/mol. The quantitative estimate of drug-likeness (QED) is 0.409. The molecule has 1 aromatic heterocycles. The molecule has 0 aliphatic rings. The van der Waals surface area contributed by atoms with E-state index >= 15 is 0 Å². The van der Waals surface area contributed by atoms with Crippen molar-refractivity contribution in [1.82, 2.24) is 9.94 Å². The zero-order valence-electron chi connectivity index (χ0n) is 17.0. The molecule has 1 heterocycles. The Labute approximate surface area is 180 Å². The van der Waals surface area contributed by atoms with Gasteiger partial charge in [-0.05, 0) is 35.7 Å². The van der Waals surface area contributed by atoms with Crippen LogP contribution in [0.3, 0.4) is 0 Å². The van der Waals surface area contributed by atoms with Crippen molar-refractivity contribution in [2.24, 2.45) is 0 Å². The first-order valence-electron chi connectivity index (χ1n) is 10.1. The third-order valence-electron chi connectivity index (χ3n) is 5.03. The lowest BCUT2D eigenvalue weighted by Gasteiger charge is -2.20.